The average molecular weight is 283 g/mol. The molecule has 0 bridgehead atoms. The summed E-state index contributed by atoms with van der Waals surface area (Å²) in [6, 6.07) is 9.10. The highest BCUT2D eigenvalue weighted by Crippen LogP contribution is 2.38. The highest BCUT2D eigenvalue weighted by atomic mass is 32.2. The van der Waals surface area contributed by atoms with Gasteiger partial charge in [-0.3, -0.25) is 0 Å². The maximum Gasteiger partial charge on any atom is 0.108 e. The zero-order chi connectivity index (χ0) is 13.1. The molecule has 6 heteroatoms. The van der Waals surface area contributed by atoms with E-state index in [0.717, 1.165) is 4.90 Å². The smallest absolute Gasteiger partial charge is 0.108 e. The van der Waals surface area contributed by atoms with Crippen molar-refractivity contribution in [1.29, 1.82) is 5.26 Å². The van der Waals surface area contributed by atoms with Gasteiger partial charge in [0, 0.05) is 10.6 Å². The van der Waals surface area contributed by atoms with Gasteiger partial charge in [0.2, 0.25) is 0 Å². The van der Waals surface area contributed by atoms with E-state index < -0.39 is 18.3 Å². The van der Waals surface area contributed by atoms with Crippen molar-refractivity contribution < 1.29 is 15.3 Å². The van der Waals surface area contributed by atoms with E-state index >= 15 is 0 Å². The molecule has 0 saturated carbocycles. The third-order valence-corrected chi connectivity index (χ3v) is 5.58. The SMILES string of the molecule is N#Cc1ccc(S[C@@H]2SC[C@@H](O)[C@@H](O)[C@@H]2O)cc1. The van der Waals surface area contributed by atoms with Crippen LogP contribution in [0.4, 0.5) is 0 Å². The summed E-state index contributed by atoms with van der Waals surface area (Å²) in [5.41, 5.74) is 0.589. The van der Waals surface area contributed by atoms with Crippen LogP contribution in [-0.2, 0) is 0 Å². The summed E-state index contributed by atoms with van der Waals surface area (Å²) in [5.74, 6) is 0.409. The van der Waals surface area contributed by atoms with Crippen LogP contribution in [0.2, 0.25) is 0 Å². The molecular formula is C12H13NO3S2. The second kappa shape index (κ2) is 5.95. The van der Waals surface area contributed by atoms with Crippen LogP contribution < -0.4 is 0 Å². The molecule has 3 N–H and O–H groups in total. The molecule has 4 atom stereocenters. The number of hydrogen-bond donors (Lipinski definition) is 3. The van der Waals surface area contributed by atoms with Crippen LogP contribution in [0, 0.1) is 11.3 Å². The van der Waals surface area contributed by atoms with Crippen LogP contribution in [0.3, 0.4) is 0 Å². The van der Waals surface area contributed by atoms with Crippen LogP contribution in [0.15, 0.2) is 29.2 Å². The van der Waals surface area contributed by atoms with Gasteiger partial charge in [-0.2, -0.15) is 5.26 Å². The van der Waals surface area contributed by atoms with Gasteiger partial charge in [0.15, 0.2) is 0 Å². The summed E-state index contributed by atoms with van der Waals surface area (Å²) in [6.07, 6.45) is -2.93. The number of nitrogens with zero attached hydrogens (tertiary/aromatic N) is 1. The lowest BCUT2D eigenvalue weighted by molar-refractivity contribution is -0.0474. The number of aliphatic hydroxyl groups excluding tert-OH is 3. The molecule has 0 amide bonds. The fraction of sp³-hybridized carbons (Fsp3) is 0.417. The maximum atomic E-state index is 9.87. The molecule has 96 valence electrons. The van der Waals surface area contributed by atoms with Crippen LogP contribution in [0.1, 0.15) is 5.56 Å². The molecule has 0 aliphatic carbocycles. The zero-order valence-electron chi connectivity index (χ0n) is 9.43. The number of thioether (sulfide) groups is 2. The molecule has 4 nitrogen and oxygen atoms in total. The third kappa shape index (κ3) is 2.99. The first-order chi connectivity index (χ1) is 8.61. The van der Waals surface area contributed by atoms with Gasteiger partial charge < -0.3 is 15.3 Å². The van der Waals surface area contributed by atoms with Crippen LogP contribution in [0.25, 0.3) is 0 Å². The van der Waals surface area contributed by atoms with Crippen molar-refractivity contribution in [1.82, 2.24) is 0 Å². The number of nitriles is 1. The Hall–Kier alpha value is -0.710. The summed E-state index contributed by atoms with van der Waals surface area (Å²) in [4.78, 5) is 0.925. The van der Waals surface area contributed by atoms with Gasteiger partial charge in [-0.15, -0.1) is 23.5 Å². The number of aliphatic hydroxyl groups is 3. The minimum Gasteiger partial charge on any atom is -0.389 e. The van der Waals surface area contributed by atoms with Crippen molar-refractivity contribution in [3.63, 3.8) is 0 Å². The van der Waals surface area contributed by atoms with Gasteiger partial charge in [0.05, 0.1) is 22.3 Å². The Morgan fingerprint density at radius 3 is 2.44 bits per heavy atom. The van der Waals surface area contributed by atoms with E-state index in [1.807, 2.05) is 18.2 Å². The fourth-order valence-electron chi connectivity index (χ4n) is 1.63. The lowest BCUT2D eigenvalue weighted by atomic mass is 10.1. The van der Waals surface area contributed by atoms with E-state index in [9.17, 15) is 15.3 Å². The molecule has 1 aromatic rings. The molecule has 0 radical (unpaired) electrons. The Labute approximate surface area is 114 Å². The second-order valence-electron chi connectivity index (χ2n) is 4.00. The highest BCUT2D eigenvalue weighted by Gasteiger charge is 2.37. The first-order valence-electron chi connectivity index (χ1n) is 5.44. The number of rotatable bonds is 2. The van der Waals surface area contributed by atoms with E-state index in [2.05, 4.69) is 0 Å². The van der Waals surface area contributed by atoms with E-state index in [-0.39, 0.29) is 4.58 Å². The van der Waals surface area contributed by atoms with Crippen molar-refractivity contribution in [3.8, 4) is 6.07 Å². The predicted octanol–water partition coefficient (Wildman–Crippen LogP) is 0.806. The Morgan fingerprint density at radius 2 is 1.83 bits per heavy atom. The molecule has 2 rings (SSSR count). The van der Waals surface area contributed by atoms with E-state index in [1.54, 1.807) is 12.1 Å². The van der Waals surface area contributed by atoms with Crippen LogP contribution in [-0.4, -0.2) is 44.0 Å². The van der Waals surface area contributed by atoms with Crippen molar-refractivity contribution in [2.75, 3.05) is 5.75 Å². The zero-order valence-corrected chi connectivity index (χ0v) is 11.1. The van der Waals surface area contributed by atoms with Crippen LogP contribution in [0.5, 0.6) is 0 Å². The van der Waals surface area contributed by atoms with Crippen molar-refractivity contribution in [3.05, 3.63) is 29.8 Å². The first kappa shape index (κ1) is 13.7. The number of hydrogen-bond acceptors (Lipinski definition) is 6. The molecule has 1 heterocycles. The summed E-state index contributed by atoms with van der Waals surface area (Å²) in [7, 11) is 0. The molecule has 0 spiro atoms. The molecule has 18 heavy (non-hydrogen) atoms. The predicted molar refractivity (Wildman–Crippen MR) is 71.3 cm³/mol. The van der Waals surface area contributed by atoms with Gasteiger partial charge in [-0.05, 0) is 24.3 Å². The molecule has 1 aromatic carbocycles. The summed E-state index contributed by atoms with van der Waals surface area (Å²) in [6.45, 7) is 0. The van der Waals surface area contributed by atoms with Crippen molar-refractivity contribution in [2.45, 2.75) is 27.8 Å². The standard InChI is InChI=1S/C12H13NO3S2/c13-5-7-1-3-8(4-2-7)18-12-11(16)10(15)9(14)6-17-12/h1-4,9-12,14-16H,6H2/t9-,10-,11+,12+/m1/s1. The van der Waals surface area contributed by atoms with Crippen molar-refractivity contribution in [2.24, 2.45) is 0 Å². The summed E-state index contributed by atoms with van der Waals surface area (Å²) >= 11 is 2.86. The average Bonchev–Trinajstić information content (AvgIpc) is 2.40. The quantitative estimate of drug-likeness (QED) is 0.745. The molecular weight excluding hydrogens is 270 g/mol. The van der Waals surface area contributed by atoms with E-state index in [4.69, 9.17) is 5.26 Å². The lowest BCUT2D eigenvalue weighted by Gasteiger charge is -2.34. The van der Waals surface area contributed by atoms with Gasteiger partial charge in [0.1, 0.15) is 12.2 Å². The fourth-order valence-corrected chi connectivity index (χ4v) is 4.27. The monoisotopic (exact) mass is 283 g/mol. The third-order valence-electron chi connectivity index (χ3n) is 2.69. The molecule has 0 unspecified atom stereocenters. The molecule has 0 aromatic heterocycles. The molecule has 1 fully saturated rings. The largest absolute Gasteiger partial charge is 0.389 e. The summed E-state index contributed by atoms with van der Waals surface area (Å²) in [5, 5.41) is 37.6. The topological polar surface area (TPSA) is 84.5 Å². The normalized spacial score (nSPS) is 31.9. The Bertz CT molecular complexity index is 446. The van der Waals surface area contributed by atoms with Crippen LogP contribution >= 0.6 is 23.5 Å². The lowest BCUT2D eigenvalue weighted by Crippen LogP contribution is -2.47. The Kier molecular flexibility index (Phi) is 4.54. The Morgan fingerprint density at radius 1 is 1.17 bits per heavy atom. The van der Waals surface area contributed by atoms with Gasteiger partial charge >= 0.3 is 0 Å². The minimum atomic E-state index is -1.10. The van der Waals surface area contributed by atoms with E-state index in [0.29, 0.717) is 11.3 Å². The molecule has 1 aliphatic rings. The van der Waals surface area contributed by atoms with E-state index in [1.165, 1.54) is 23.5 Å². The Balaban J connectivity index is 2.02. The minimum absolute atomic E-state index is 0.212. The van der Waals surface area contributed by atoms with Gasteiger partial charge in [-0.25, -0.2) is 0 Å². The van der Waals surface area contributed by atoms with Crippen molar-refractivity contribution >= 4 is 23.5 Å². The first-order valence-corrected chi connectivity index (χ1v) is 7.37. The maximum absolute atomic E-state index is 9.87. The number of benzene rings is 1. The summed E-state index contributed by atoms with van der Waals surface area (Å²) < 4.78 is -0.212. The molecule has 1 saturated heterocycles. The van der Waals surface area contributed by atoms with Gasteiger partial charge in [-0.1, -0.05) is 0 Å². The molecule has 1 aliphatic heterocycles. The second-order valence-corrected chi connectivity index (χ2v) is 6.69. The highest BCUT2D eigenvalue weighted by molar-refractivity contribution is 8.17. The van der Waals surface area contributed by atoms with Gasteiger partial charge in [0.25, 0.3) is 0 Å².